The summed E-state index contributed by atoms with van der Waals surface area (Å²) in [4.78, 5) is 4.00. The van der Waals surface area contributed by atoms with Crippen molar-refractivity contribution in [1.82, 2.24) is 14.8 Å². The number of aryl methyl sites for hydroxylation is 2. The lowest BCUT2D eigenvalue weighted by Crippen LogP contribution is -2.03. The Labute approximate surface area is 103 Å². The third kappa shape index (κ3) is 2.41. The molecule has 0 aliphatic rings. The van der Waals surface area contributed by atoms with E-state index in [0.29, 0.717) is 11.3 Å². The maximum atomic E-state index is 5.52. The van der Waals surface area contributed by atoms with Crippen molar-refractivity contribution in [3.8, 4) is 0 Å². The highest BCUT2D eigenvalue weighted by molar-refractivity contribution is 9.10. The first-order valence-electron chi connectivity index (χ1n) is 4.97. The number of benzene rings is 1. The molecule has 2 N–H and O–H groups in total. The molecular weight excluding hydrogens is 268 g/mol. The predicted molar refractivity (Wildman–Crippen MR) is 67.2 cm³/mol. The first-order valence-corrected chi connectivity index (χ1v) is 5.77. The largest absolute Gasteiger partial charge is 0.366 e. The number of aromatic nitrogens is 3. The van der Waals surface area contributed by atoms with Gasteiger partial charge in [-0.15, -0.1) is 5.10 Å². The molecule has 0 aliphatic carbocycles. The van der Waals surface area contributed by atoms with Gasteiger partial charge in [-0.05, 0) is 35.3 Å². The fraction of sp³-hybridized carbons (Fsp3) is 0.273. The molecule has 0 unspecified atom stereocenters. The normalized spacial score (nSPS) is 10.7. The molecule has 0 aliphatic heterocycles. The van der Waals surface area contributed by atoms with Crippen LogP contribution >= 0.6 is 15.9 Å². The monoisotopic (exact) mass is 280 g/mol. The Balaban J connectivity index is 2.30. The van der Waals surface area contributed by atoms with Crippen molar-refractivity contribution < 1.29 is 0 Å². The molecule has 1 heterocycles. The Morgan fingerprint density at radius 3 is 2.38 bits per heavy atom. The SMILES string of the molecule is Cc1cc(C)cc(Cn2nc(N)nc2Br)c1. The molecule has 0 atom stereocenters. The second-order valence-electron chi connectivity index (χ2n) is 3.89. The molecular formula is C11H13BrN4. The Kier molecular flexibility index (Phi) is 2.96. The van der Waals surface area contributed by atoms with Gasteiger partial charge in [0.2, 0.25) is 5.95 Å². The number of anilines is 1. The molecule has 0 amide bonds. The molecule has 84 valence electrons. The van der Waals surface area contributed by atoms with Gasteiger partial charge >= 0.3 is 0 Å². The van der Waals surface area contributed by atoms with Crippen LogP contribution in [-0.4, -0.2) is 14.8 Å². The maximum absolute atomic E-state index is 5.52. The average Bonchev–Trinajstić information content (AvgIpc) is 2.43. The zero-order valence-corrected chi connectivity index (χ0v) is 10.8. The van der Waals surface area contributed by atoms with Crippen LogP contribution in [-0.2, 0) is 6.54 Å². The van der Waals surface area contributed by atoms with Crippen LogP contribution < -0.4 is 5.73 Å². The summed E-state index contributed by atoms with van der Waals surface area (Å²) >= 11 is 3.32. The Morgan fingerprint density at radius 2 is 1.88 bits per heavy atom. The van der Waals surface area contributed by atoms with Gasteiger partial charge in [0.15, 0.2) is 4.73 Å². The molecule has 4 nitrogen and oxygen atoms in total. The van der Waals surface area contributed by atoms with Crippen LogP contribution in [0.5, 0.6) is 0 Å². The first kappa shape index (κ1) is 11.1. The summed E-state index contributed by atoms with van der Waals surface area (Å²) in [5.74, 6) is 0.288. The van der Waals surface area contributed by atoms with Gasteiger partial charge in [0.05, 0.1) is 6.54 Å². The molecule has 0 spiro atoms. The Hall–Kier alpha value is -1.36. The van der Waals surface area contributed by atoms with Gasteiger partial charge in [-0.1, -0.05) is 29.3 Å². The maximum Gasteiger partial charge on any atom is 0.240 e. The molecule has 1 aromatic carbocycles. The summed E-state index contributed by atoms with van der Waals surface area (Å²) < 4.78 is 2.40. The van der Waals surface area contributed by atoms with Crippen molar-refractivity contribution in [3.05, 3.63) is 39.6 Å². The smallest absolute Gasteiger partial charge is 0.240 e. The van der Waals surface area contributed by atoms with Crippen LogP contribution in [0.4, 0.5) is 5.95 Å². The van der Waals surface area contributed by atoms with E-state index in [2.05, 4.69) is 58.1 Å². The number of halogens is 1. The highest BCUT2D eigenvalue weighted by Crippen LogP contribution is 2.14. The van der Waals surface area contributed by atoms with Crippen LogP contribution in [0.3, 0.4) is 0 Å². The highest BCUT2D eigenvalue weighted by atomic mass is 79.9. The van der Waals surface area contributed by atoms with Crippen molar-refractivity contribution in [2.75, 3.05) is 5.73 Å². The van der Waals surface area contributed by atoms with Crippen LogP contribution in [0.25, 0.3) is 0 Å². The second-order valence-corrected chi connectivity index (χ2v) is 4.60. The van der Waals surface area contributed by atoms with E-state index in [4.69, 9.17) is 5.73 Å². The second kappa shape index (κ2) is 4.25. The van der Waals surface area contributed by atoms with Gasteiger partial charge in [0, 0.05) is 0 Å². The lowest BCUT2D eigenvalue weighted by atomic mass is 10.1. The lowest BCUT2D eigenvalue weighted by molar-refractivity contribution is 0.669. The average molecular weight is 281 g/mol. The summed E-state index contributed by atoms with van der Waals surface area (Å²) in [6.07, 6.45) is 0. The van der Waals surface area contributed by atoms with E-state index in [1.165, 1.54) is 16.7 Å². The zero-order chi connectivity index (χ0) is 11.7. The minimum absolute atomic E-state index is 0.288. The summed E-state index contributed by atoms with van der Waals surface area (Å²) in [7, 11) is 0. The molecule has 2 rings (SSSR count). The number of nitrogen functional groups attached to an aromatic ring is 1. The third-order valence-electron chi connectivity index (χ3n) is 2.26. The summed E-state index contributed by atoms with van der Waals surface area (Å²) in [6.45, 7) is 4.84. The third-order valence-corrected chi connectivity index (χ3v) is 2.84. The summed E-state index contributed by atoms with van der Waals surface area (Å²) in [6, 6.07) is 6.42. The van der Waals surface area contributed by atoms with Gasteiger partial charge in [-0.3, -0.25) is 0 Å². The van der Waals surface area contributed by atoms with Crippen LogP contribution in [0.2, 0.25) is 0 Å². The molecule has 0 bridgehead atoms. The van der Waals surface area contributed by atoms with E-state index in [-0.39, 0.29) is 5.95 Å². The molecule has 0 fully saturated rings. The van der Waals surface area contributed by atoms with Crippen molar-refractivity contribution >= 4 is 21.9 Å². The van der Waals surface area contributed by atoms with Crippen molar-refractivity contribution in [2.45, 2.75) is 20.4 Å². The topological polar surface area (TPSA) is 56.7 Å². The van der Waals surface area contributed by atoms with E-state index >= 15 is 0 Å². The zero-order valence-electron chi connectivity index (χ0n) is 9.24. The van der Waals surface area contributed by atoms with Crippen LogP contribution in [0.15, 0.2) is 22.9 Å². The fourth-order valence-corrected chi connectivity index (χ4v) is 2.16. The van der Waals surface area contributed by atoms with E-state index in [0.717, 1.165) is 0 Å². The molecule has 0 saturated heterocycles. The minimum Gasteiger partial charge on any atom is -0.366 e. The van der Waals surface area contributed by atoms with E-state index in [9.17, 15) is 0 Å². The van der Waals surface area contributed by atoms with Gasteiger partial charge in [0.1, 0.15) is 0 Å². The molecule has 16 heavy (non-hydrogen) atoms. The molecule has 0 radical (unpaired) electrons. The van der Waals surface area contributed by atoms with Crippen molar-refractivity contribution in [2.24, 2.45) is 0 Å². The molecule has 5 heteroatoms. The number of rotatable bonds is 2. The Morgan fingerprint density at radius 1 is 1.25 bits per heavy atom. The molecule has 2 aromatic rings. The van der Waals surface area contributed by atoms with E-state index in [1.54, 1.807) is 4.68 Å². The number of hydrogen-bond acceptors (Lipinski definition) is 3. The lowest BCUT2D eigenvalue weighted by Gasteiger charge is -2.05. The van der Waals surface area contributed by atoms with Crippen LogP contribution in [0.1, 0.15) is 16.7 Å². The summed E-state index contributed by atoms with van der Waals surface area (Å²) in [5, 5.41) is 4.10. The standard InChI is InChI=1S/C11H13BrN4/c1-7-3-8(2)5-9(4-7)6-16-10(12)14-11(13)15-16/h3-5H,6H2,1-2H3,(H2,13,15). The predicted octanol–water partition coefficient (Wildman–Crippen LogP) is 2.29. The van der Waals surface area contributed by atoms with Gasteiger partial charge in [-0.2, -0.15) is 4.98 Å². The highest BCUT2D eigenvalue weighted by Gasteiger charge is 2.05. The molecule has 0 saturated carbocycles. The van der Waals surface area contributed by atoms with Gasteiger partial charge in [0.25, 0.3) is 0 Å². The van der Waals surface area contributed by atoms with Gasteiger partial charge < -0.3 is 5.73 Å². The van der Waals surface area contributed by atoms with Crippen LogP contribution in [0, 0.1) is 13.8 Å². The molecule has 1 aromatic heterocycles. The number of nitrogens with zero attached hydrogens (tertiary/aromatic N) is 3. The minimum atomic E-state index is 0.288. The van der Waals surface area contributed by atoms with E-state index in [1.807, 2.05) is 0 Å². The van der Waals surface area contributed by atoms with Crippen molar-refractivity contribution in [1.29, 1.82) is 0 Å². The first-order chi connectivity index (χ1) is 7.54. The number of nitrogens with two attached hydrogens (primary N) is 1. The van der Waals surface area contributed by atoms with Gasteiger partial charge in [-0.25, -0.2) is 4.68 Å². The Bertz CT molecular complexity index is 498. The fourth-order valence-electron chi connectivity index (χ4n) is 1.77. The quantitative estimate of drug-likeness (QED) is 0.918. The number of hydrogen-bond donors (Lipinski definition) is 1. The summed E-state index contributed by atoms with van der Waals surface area (Å²) in [5.41, 5.74) is 9.22. The van der Waals surface area contributed by atoms with E-state index < -0.39 is 0 Å². The van der Waals surface area contributed by atoms with Crippen molar-refractivity contribution in [3.63, 3.8) is 0 Å².